The molecule has 1 aliphatic rings. The molecule has 2 atom stereocenters. The molecular weight excluding hydrogens is 375 g/mol. The standard InChI is InChI=1S/C19H19FN8O/c20-13-7-21-8-15(13)26-17-3-1-2-14(25-17)16-9-22-18-4-11(10-29)19(27-28(16)18)12-5-23-24-6-12/h1-6,9,13,15,21,29H,7-8,10H2,(H,23,24)(H,25,26)/t13-,15-/m0/s1. The van der Waals surface area contributed by atoms with Crippen LogP contribution in [0.4, 0.5) is 10.2 Å². The largest absolute Gasteiger partial charge is 0.392 e. The van der Waals surface area contributed by atoms with Gasteiger partial charge in [0.25, 0.3) is 0 Å². The molecule has 10 heteroatoms. The fourth-order valence-corrected chi connectivity index (χ4v) is 3.51. The quantitative estimate of drug-likeness (QED) is 0.404. The minimum atomic E-state index is -0.952. The minimum absolute atomic E-state index is 0.163. The second-order valence-electron chi connectivity index (χ2n) is 6.91. The van der Waals surface area contributed by atoms with E-state index in [0.717, 1.165) is 5.56 Å². The molecule has 0 spiro atoms. The van der Waals surface area contributed by atoms with Crippen LogP contribution >= 0.6 is 0 Å². The predicted octanol–water partition coefficient (Wildman–Crippen LogP) is 1.40. The van der Waals surface area contributed by atoms with E-state index in [2.05, 4.69) is 35.9 Å². The number of nitrogens with zero attached hydrogens (tertiary/aromatic N) is 5. The Kier molecular flexibility index (Phi) is 4.41. The van der Waals surface area contributed by atoms with E-state index in [1.165, 1.54) is 0 Å². The van der Waals surface area contributed by atoms with Crippen molar-refractivity contribution in [2.45, 2.75) is 18.8 Å². The first-order valence-electron chi connectivity index (χ1n) is 9.29. The molecule has 1 saturated heterocycles. The fraction of sp³-hybridized carbons (Fsp3) is 0.263. The van der Waals surface area contributed by atoms with Crippen molar-refractivity contribution in [3.05, 3.63) is 48.4 Å². The summed E-state index contributed by atoms with van der Waals surface area (Å²) in [6.07, 6.45) is 4.10. The summed E-state index contributed by atoms with van der Waals surface area (Å²) in [5.74, 6) is 0.593. The molecule has 4 N–H and O–H groups in total. The number of hydrogen-bond donors (Lipinski definition) is 4. The Labute approximate surface area is 165 Å². The Morgan fingerprint density at radius 1 is 1.28 bits per heavy atom. The first kappa shape index (κ1) is 17.7. The highest BCUT2D eigenvalue weighted by molar-refractivity contribution is 5.67. The summed E-state index contributed by atoms with van der Waals surface area (Å²) in [7, 11) is 0. The average molecular weight is 394 g/mol. The van der Waals surface area contributed by atoms with E-state index in [1.54, 1.807) is 29.2 Å². The van der Waals surface area contributed by atoms with Crippen LogP contribution in [0.15, 0.2) is 42.9 Å². The molecule has 148 valence electrons. The lowest BCUT2D eigenvalue weighted by Crippen LogP contribution is -2.29. The highest BCUT2D eigenvalue weighted by Gasteiger charge is 2.26. The van der Waals surface area contributed by atoms with E-state index >= 15 is 0 Å². The summed E-state index contributed by atoms with van der Waals surface area (Å²) >= 11 is 0. The number of aromatic nitrogens is 6. The summed E-state index contributed by atoms with van der Waals surface area (Å²) in [4.78, 5) is 9.03. The number of alkyl halides is 1. The van der Waals surface area contributed by atoms with Crippen molar-refractivity contribution < 1.29 is 9.50 Å². The van der Waals surface area contributed by atoms with E-state index in [4.69, 9.17) is 0 Å². The van der Waals surface area contributed by atoms with Gasteiger partial charge in [-0.3, -0.25) is 5.10 Å². The van der Waals surface area contributed by atoms with Crippen molar-refractivity contribution >= 4 is 11.5 Å². The number of aliphatic hydroxyl groups excluding tert-OH is 1. The first-order chi connectivity index (χ1) is 14.2. The van der Waals surface area contributed by atoms with Crippen LogP contribution < -0.4 is 10.6 Å². The van der Waals surface area contributed by atoms with Gasteiger partial charge in [0.15, 0.2) is 5.65 Å². The van der Waals surface area contributed by atoms with Crippen molar-refractivity contribution in [3.8, 4) is 22.6 Å². The summed E-state index contributed by atoms with van der Waals surface area (Å²) in [6, 6.07) is 7.01. The number of fused-ring (bicyclic) bond motifs is 1. The maximum atomic E-state index is 13.9. The maximum Gasteiger partial charge on any atom is 0.154 e. The third kappa shape index (κ3) is 3.22. The Morgan fingerprint density at radius 2 is 2.21 bits per heavy atom. The lowest BCUT2D eigenvalue weighted by Gasteiger charge is -2.15. The molecule has 5 heterocycles. The van der Waals surface area contributed by atoms with Gasteiger partial charge in [-0.15, -0.1) is 0 Å². The average Bonchev–Trinajstić information content (AvgIpc) is 3.49. The Balaban J connectivity index is 1.55. The van der Waals surface area contributed by atoms with Gasteiger partial charge in [-0.05, 0) is 18.2 Å². The van der Waals surface area contributed by atoms with Gasteiger partial charge in [0, 0.05) is 30.4 Å². The molecule has 9 nitrogen and oxygen atoms in total. The predicted molar refractivity (Wildman–Crippen MR) is 105 cm³/mol. The zero-order valence-electron chi connectivity index (χ0n) is 15.4. The van der Waals surface area contributed by atoms with Gasteiger partial charge in [-0.1, -0.05) is 6.07 Å². The lowest BCUT2D eigenvalue weighted by molar-refractivity contribution is 0.282. The maximum absolute atomic E-state index is 13.9. The van der Waals surface area contributed by atoms with Crippen LogP contribution in [0.5, 0.6) is 0 Å². The summed E-state index contributed by atoms with van der Waals surface area (Å²) in [6.45, 7) is 0.741. The third-order valence-electron chi connectivity index (χ3n) is 5.00. The zero-order chi connectivity index (χ0) is 19.8. The van der Waals surface area contributed by atoms with Crippen molar-refractivity contribution in [3.63, 3.8) is 0 Å². The first-order valence-corrected chi connectivity index (χ1v) is 9.29. The summed E-state index contributed by atoms with van der Waals surface area (Å²) < 4.78 is 15.6. The minimum Gasteiger partial charge on any atom is -0.392 e. The molecule has 1 fully saturated rings. The lowest BCUT2D eigenvalue weighted by atomic mass is 10.1. The fourth-order valence-electron chi connectivity index (χ4n) is 3.51. The number of aliphatic hydroxyl groups is 1. The normalized spacial score (nSPS) is 19.1. The van der Waals surface area contributed by atoms with Crippen molar-refractivity contribution in [1.82, 2.24) is 35.1 Å². The SMILES string of the molecule is OCc1cc2ncc(-c3cccc(N[C@H]4CNC[C@@H]4F)n3)n2nc1-c1cn[nH]c1. The van der Waals surface area contributed by atoms with E-state index in [0.29, 0.717) is 47.2 Å². The molecule has 0 saturated carbocycles. The summed E-state index contributed by atoms with van der Waals surface area (Å²) in [5, 5.41) is 27.3. The number of rotatable bonds is 5. The van der Waals surface area contributed by atoms with Crippen LogP contribution in [0.25, 0.3) is 28.3 Å². The third-order valence-corrected chi connectivity index (χ3v) is 5.00. The Hall–Kier alpha value is -3.37. The highest BCUT2D eigenvalue weighted by atomic mass is 19.1. The topological polar surface area (TPSA) is 116 Å². The number of H-pyrrole nitrogens is 1. The number of hydrogen-bond acceptors (Lipinski definition) is 7. The van der Waals surface area contributed by atoms with Crippen LogP contribution in [0.1, 0.15) is 5.56 Å². The van der Waals surface area contributed by atoms with E-state index < -0.39 is 6.17 Å². The van der Waals surface area contributed by atoms with Gasteiger partial charge in [-0.25, -0.2) is 18.9 Å². The summed E-state index contributed by atoms with van der Waals surface area (Å²) in [5.41, 5.74) is 3.98. The van der Waals surface area contributed by atoms with Gasteiger partial charge in [0.05, 0.1) is 30.7 Å². The smallest absolute Gasteiger partial charge is 0.154 e. The number of imidazole rings is 1. The molecule has 4 aromatic heterocycles. The molecule has 0 amide bonds. The molecule has 0 aromatic carbocycles. The van der Waals surface area contributed by atoms with Crippen LogP contribution in [-0.4, -0.2) is 60.2 Å². The molecule has 0 radical (unpaired) electrons. The number of aromatic amines is 1. The van der Waals surface area contributed by atoms with Crippen molar-refractivity contribution in [1.29, 1.82) is 0 Å². The van der Waals surface area contributed by atoms with E-state index in [1.807, 2.05) is 18.2 Å². The van der Waals surface area contributed by atoms with Gasteiger partial charge in [-0.2, -0.15) is 10.2 Å². The van der Waals surface area contributed by atoms with Gasteiger partial charge >= 0.3 is 0 Å². The molecule has 0 unspecified atom stereocenters. The van der Waals surface area contributed by atoms with Crippen molar-refractivity contribution in [2.24, 2.45) is 0 Å². The molecule has 29 heavy (non-hydrogen) atoms. The zero-order valence-corrected chi connectivity index (χ0v) is 15.4. The van der Waals surface area contributed by atoms with Crippen LogP contribution in [0.3, 0.4) is 0 Å². The number of pyridine rings is 1. The molecule has 5 rings (SSSR count). The number of halogens is 1. The molecule has 1 aliphatic heterocycles. The number of nitrogens with one attached hydrogen (secondary N) is 3. The van der Waals surface area contributed by atoms with E-state index in [-0.39, 0.29) is 12.6 Å². The molecule has 0 aliphatic carbocycles. The van der Waals surface area contributed by atoms with Crippen LogP contribution in [0.2, 0.25) is 0 Å². The van der Waals surface area contributed by atoms with Gasteiger partial charge in [0.2, 0.25) is 0 Å². The second-order valence-corrected chi connectivity index (χ2v) is 6.91. The number of anilines is 1. The van der Waals surface area contributed by atoms with Crippen LogP contribution in [0, 0.1) is 0 Å². The Bertz CT molecular complexity index is 1140. The van der Waals surface area contributed by atoms with Crippen molar-refractivity contribution in [2.75, 3.05) is 18.4 Å². The highest BCUT2D eigenvalue weighted by Crippen LogP contribution is 2.25. The Morgan fingerprint density at radius 3 is 2.97 bits per heavy atom. The monoisotopic (exact) mass is 394 g/mol. The molecule has 4 aromatic rings. The second kappa shape index (κ2) is 7.22. The van der Waals surface area contributed by atoms with Crippen LogP contribution in [-0.2, 0) is 6.61 Å². The van der Waals surface area contributed by atoms with Gasteiger partial charge < -0.3 is 15.7 Å². The van der Waals surface area contributed by atoms with E-state index in [9.17, 15) is 9.50 Å². The van der Waals surface area contributed by atoms with Gasteiger partial charge in [0.1, 0.15) is 23.4 Å². The molecular formula is C19H19FN8O. The molecule has 0 bridgehead atoms.